The van der Waals surface area contributed by atoms with Crippen LogP contribution in [0.15, 0.2) is 24.7 Å². The minimum atomic E-state index is 0.937. The van der Waals surface area contributed by atoms with Crippen LogP contribution >= 0.6 is 0 Å². The molecule has 1 aliphatic heterocycles. The van der Waals surface area contributed by atoms with E-state index in [1.165, 1.54) is 5.56 Å². The van der Waals surface area contributed by atoms with Crippen LogP contribution in [0.5, 0.6) is 0 Å². The molecule has 1 N–H and O–H groups in total. The molecule has 1 saturated heterocycles. The molecule has 0 atom stereocenters. The quantitative estimate of drug-likeness (QED) is 0.914. The van der Waals surface area contributed by atoms with E-state index in [1.807, 2.05) is 24.0 Å². The number of imidazole rings is 1. The highest BCUT2D eigenvalue weighted by Crippen LogP contribution is 2.13. The zero-order chi connectivity index (χ0) is 13.9. The Kier molecular flexibility index (Phi) is 3.80. The number of rotatable bonds is 3. The van der Waals surface area contributed by atoms with E-state index < -0.39 is 0 Å². The average Bonchev–Trinajstić information content (AvgIpc) is 2.89. The van der Waals surface area contributed by atoms with Crippen molar-refractivity contribution in [2.45, 2.75) is 20.4 Å². The SMILES string of the molecule is Cc1cn(-c2ccc(CN3CCNCC3)c(C)n2)cn1. The van der Waals surface area contributed by atoms with Gasteiger partial charge < -0.3 is 5.32 Å². The fourth-order valence-corrected chi connectivity index (χ4v) is 2.54. The van der Waals surface area contributed by atoms with E-state index in [0.717, 1.165) is 49.9 Å². The van der Waals surface area contributed by atoms with Gasteiger partial charge in [-0.1, -0.05) is 6.07 Å². The third kappa shape index (κ3) is 2.89. The Morgan fingerprint density at radius 1 is 1.20 bits per heavy atom. The van der Waals surface area contributed by atoms with Crippen LogP contribution < -0.4 is 5.32 Å². The molecule has 106 valence electrons. The van der Waals surface area contributed by atoms with Crippen molar-refractivity contribution in [1.82, 2.24) is 24.8 Å². The molecule has 20 heavy (non-hydrogen) atoms. The van der Waals surface area contributed by atoms with Crippen molar-refractivity contribution in [2.24, 2.45) is 0 Å². The molecule has 0 saturated carbocycles. The monoisotopic (exact) mass is 271 g/mol. The van der Waals surface area contributed by atoms with Crippen molar-refractivity contribution in [3.05, 3.63) is 41.6 Å². The van der Waals surface area contributed by atoms with E-state index in [0.29, 0.717) is 0 Å². The second kappa shape index (κ2) is 5.73. The van der Waals surface area contributed by atoms with Crippen molar-refractivity contribution in [2.75, 3.05) is 26.2 Å². The first-order valence-corrected chi connectivity index (χ1v) is 7.13. The van der Waals surface area contributed by atoms with Crippen molar-refractivity contribution >= 4 is 0 Å². The number of hydrogen-bond acceptors (Lipinski definition) is 4. The van der Waals surface area contributed by atoms with E-state index in [2.05, 4.69) is 34.3 Å². The Bertz CT molecular complexity index is 584. The molecule has 0 radical (unpaired) electrons. The van der Waals surface area contributed by atoms with Gasteiger partial charge in [-0.05, 0) is 25.5 Å². The van der Waals surface area contributed by atoms with Crippen molar-refractivity contribution in [1.29, 1.82) is 0 Å². The van der Waals surface area contributed by atoms with Crippen molar-refractivity contribution in [3.8, 4) is 5.82 Å². The number of hydrogen-bond donors (Lipinski definition) is 1. The minimum absolute atomic E-state index is 0.937. The Morgan fingerprint density at radius 2 is 2.00 bits per heavy atom. The third-order valence-electron chi connectivity index (χ3n) is 3.76. The van der Waals surface area contributed by atoms with Gasteiger partial charge in [-0.15, -0.1) is 0 Å². The largest absolute Gasteiger partial charge is 0.314 e. The van der Waals surface area contributed by atoms with Crippen LogP contribution in [0.4, 0.5) is 0 Å². The summed E-state index contributed by atoms with van der Waals surface area (Å²) in [6.07, 6.45) is 3.81. The normalized spacial score (nSPS) is 16.5. The summed E-state index contributed by atoms with van der Waals surface area (Å²) >= 11 is 0. The van der Waals surface area contributed by atoms with Crippen LogP contribution in [0.3, 0.4) is 0 Å². The number of pyridine rings is 1. The van der Waals surface area contributed by atoms with Gasteiger partial charge in [0, 0.05) is 44.6 Å². The smallest absolute Gasteiger partial charge is 0.138 e. The second-order valence-corrected chi connectivity index (χ2v) is 5.36. The maximum atomic E-state index is 4.70. The Labute approximate surface area is 119 Å². The predicted molar refractivity (Wildman–Crippen MR) is 79.0 cm³/mol. The summed E-state index contributed by atoms with van der Waals surface area (Å²) in [5, 5.41) is 3.38. The predicted octanol–water partition coefficient (Wildman–Crippen LogP) is 1.29. The molecule has 5 nitrogen and oxygen atoms in total. The lowest BCUT2D eigenvalue weighted by Gasteiger charge is -2.27. The van der Waals surface area contributed by atoms with Crippen molar-refractivity contribution < 1.29 is 0 Å². The molecular formula is C15H21N5. The lowest BCUT2D eigenvalue weighted by molar-refractivity contribution is 0.232. The van der Waals surface area contributed by atoms with E-state index in [4.69, 9.17) is 4.98 Å². The molecule has 1 aliphatic rings. The van der Waals surface area contributed by atoms with Crippen LogP contribution in [-0.2, 0) is 6.54 Å². The Balaban J connectivity index is 1.76. The van der Waals surface area contributed by atoms with Gasteiger partial charge in [-0.25, -0.2) is 9.97 Å². The van der Waals surface area contributed by atoms with Gasteiger partial charge in [0.15, 0.2) is 0 Å². The lowest BCUT2D eigenvalue weighted by atomic mass is 10.2. The van der Waals surface area contributed by atoms with Gasteiger partial charge in [0.1, 0.15) is 12.1 Å². The highest BCUT2D eigenvalue weighted by Gasteiger charge is 2.12. The van der Waals surface area contributed by atoms with E-state index in [-0.39, 0.29) is 0 Å². The first kappa shape index (κ1) is 13.3. The molecule has 3 rings (SSSR count). The number of piperazine rings is 1. The Morgan fingerprint density at radius 3 is 2.65 bits per heavy atom. The molecule has 1 fully saturated rings. The van der Waals surface area contributed by atoms with Gasteiger partial charge >= 0.3 is 0 Å². The van der Waals surface area contributed by atoms with Gasteiger partial charge in [0.2, 0.25) is 0 Å². The first-order chi connectivity index (χ1) is 9.72. The van der Waals surface area contributed by atoms with Gasteiger partial charge in [0.25, 0.3) is 0 Å². The summed E-state index contributed by atoms with van der Waals surface area (Å²) < 4.78 is 1.97. The maximum Gasteiger partial charge on any atom is 0.138 e. The Hall–Kier alpha value is -1.72. The summed E-state index contributed by atoms with van der Waals surface area (Å²) in [5.41, 5.74) is 3.43. The fourth-order valence-electron chi connectivity index (χ4n) is 2.54. The molecule has 0 unspecified atom stereocenters. The fraction of sp³-hybridized carbons (Fsp3) is 0.467. The van der Waals surface area contributed by atoms with Crippen LogP contribution in [-0.4, -0.2) is 45.6 Å². The molecule has 0 aromatic carbocycles. The van der Waals surface area contributed by atoms with Gasteiger partial charge in [-0.3, -0.25) is 9.47 Å². The van der Waals surface area contributed by atoms with E-state index in [9.17, 15) is 0 Å². The van der Waals surface area contributed by atoms with Gasteiger partial charge in [0.05, 0.1) is 5.69 Å². The molecule has 2 aromatic heterocycles. The molecule has 0 spiro atoms. The number of nitrogens with one attached hydrogen (secondary N) is 1. The lowest BCUT2D eigenvalue weighted by Crippen LogP contribution is -2.43. The molecule has 0 aliphatic carbocycles. The van der Waals surface area contributed by atoms with Gasteiger partial charge in [-0.2, -0.15) is 0 Å². The molecule has 2 aromatic rings. The topological polar surface area (TPSA) is 46.0 Å². The zero-order valence-corrected chi connectivity index (χ0v) is 12.1. The summed E-state index contributed by atoms with van der Waals surface area (Å²) in [5.74, 6) is 0.937. The average molecular weight is 271 g/mol. The van der Waals surface area contributed by atoms with Crippen LogP contribution in [0.1, 0.15) is 17.0 Å². The molecule has 3 heterocycles. The molecular weight excluding hydrogens is 250 g/mol. The summed E-state index contributed by atoms with van der Waals surface area (Å²) in [6, 6.07) is 4.26. The molecule has 5 heteroatoms. The number of nitrogens with zero attached hydrogens (tertiary/aromatic N) is 4. The first-order valence-electron chi connectivity index (χ1n) is 7.13. The maximum absolute atomic E-state index is 4.70. The van der Waals surface area contributed by atoms with Crippen LogP contribution in [0, 0.1) is 13.8 Å². The third-order valence-corrected chi connectivity index (χ3v) is 3.76. The highest BCUT2D eigenvalue weighted by atomic mass is 15.2. The molecule has 0 amide bonds. The van der Waals surface area contributed by atoms with Crippen LogP contribution in [0.2, 0.25) is 0 Å². The zero-order valence-electron chi connectivity index (χ0n) is 12.1. The summed E-state index contributed by atoms with van der Waals surface area (Å²) in [4.78, 5) is 11.4. The van der Waals surface area contributed by atoms with E-state index >= 15 is 0 Å². The molecule has 0 bridgehead atoms. The summed E-state index contributed by atoms with van der Waals surface area (Å²) in [6.45, 7) is 9.46. The second-order valence-electron chi connectivity index (χ2n) is 5.36. The number of aryl methyl sites for hydroxylation is 2. The number of aromatic nitrogens is 3. The highest BCUT2D eigenvalue weighted by molar-refractivity contribution is 5.30. The van der Waals surface area contributed by atoms with Crippen molar-refractivity contribution in [3.63, 3.8) is 0 Å². The minimum Gasteiger partial charge on any atom is -0.314 e. The standard InChI is InChI=1S/C15H21N5/c1-12-9-20(11-17-12)15-4-3-14(13(2)18-15)10-19-7-5-16-6-8-19/h3-4,9,11,16H,5-8,10H2,1-2H3. The van der Waals surface area contributed by atoms with Crippen LogP contribution in [0.25, 0.3) is 5.82 Å². The summed E-state index contributed by atoms with van der Waals surface area (Å²) in [7, 11) is 0. The van der Waals surface area contributed by atoms with E-state index in [1.54, 1.807) is 0 Å².